The molecule has 0 amide bonds. The van der Waals surface area contributed by atoms with E-state index in [9.17, 15) is 0 Å². The number of benzene rings is 10. The lowest BCUT2D eigenvalue weighted by Crippen LogP contribution is -2.19. The maximum Gasteiger partial charge on any atom is 0.241 e. The van der Waals surface area contributed by atoms with Gasteiger partial charge in [0.1, 0.15) is 0 Å². The van der Waals surface area contributed by atoms with Crippen molar-refractivity contribution in [2.75, 3.05) is 9.80 Å². The lowest BCUT2D eigenvalue weighted by atomic mass is 9.96. The van der Waals surface area contributed by atoms with Gasteiger partial charge in [-0.15, -0.1) is 0 Å². The Bertz CT molecular complexity index is 3980. The minimum atomic E-state index is 0.333. The summed E-state index contributed by atoms with van der Waals surface area (Å²) in [7, 11) is 0. The molecule has 0 atom stereocenters. The summed E-state index contributed by atoms with van der Waals surface area (Å²) in [6.45, 7) is 13.1. The third kappa shape index (κ3) is 9.79. The predicted molar refractivity (Wildman–Crippen MR) is 321 cm³/mol. The van der Waals surface area contributed by atoms with Crippen LogP contribution in [0.4, 0.5) is 34.6 Å². The highest BCUT2D eigenvalue weighted by Gasteiger charge is 2.27. The Morgan fingerprint density at radius 3 is 1.10 bits per heavy atom. The molecule has 0 saturated carbocycles. The van der Waals surface area contributed by atoms with Crippen LogP contribution in [0.1, 0.15) is 33.4 Å². The minimum absolute atomic E-state index is 0.333. The first kappa shape index (κ1) is 49.0. The number of aryl methyl sites for hydroxylation is 6. The van der Waals surface area contributed by atoms with Gasteiger partial charge in [-0.05, 0) is 139 Å². The van der Waals surface area contributed by atoms with Crippen molar-refractivity contribution in [2.24, 2.45) is 0 Å². The second kappa shape index (κ2) is 21.0. The second-order valence-corrected chi connectivity index (χ2v) is 20.0. The van der Waals surface area contributed by atoms with Crippen LogP contribution in [-0.4, -0.2) is 29.9 Å². The van der Waals surface area contributed by atoms with Gasteiger partial charge in [0.2, 0.25) is 11.9 Å². The maximum atomic E-state index is 5.52. The average Bonchev–Trinajstić information content (AvgIpc) is 3.51. The summed E-state index contributed by atoms with van der Waals surface area (Å²) in [5.74, 6) is 2.68. The average molecular weight is 1010 g/mol. The summed E-state index contributed by atoms with van der Waals surface area (Å²) in [4.78, 5) is 36.7. The topological polar surface area (TPSA) is 83.8 Å². The molecule has 0 radical (unpaired) electrons. The van der Waals surface area contributed by atoms with E-state index in [1.165, 1.54) is 33.4 Å². The Morgan fingerprint density at radius 1 is 0.269 bits per heavy atom. The Labute approximate surface area is 456 Å². The van der Waals surface area contributed by atoms with Crippen LogP contribution in [0.2, 0.25) is 0 Å². The van der Waals surface area contributed by atoms with E-state index in [4.69, 9.17) is 29.9 Å². The molecule has 10 aromatic carbocycles. The van der Waals surface area contributed by atoms with Crippen molar-refractivity contribution >= 4 is 45.4 Å². The van der Waals surface area contributed by atoms with Gasteiger partial charge < -0.3 is 4.90 Å². The Hall–Kier alpha value is -9.92. The lowest BCUT2D eigenvalue weighted by Gasteiger charge is -2.32. The normalized spacial score (nSPS) is 11.2. The summed E-state index contributed by atoms with van der Waals surface area (Å²) in [6, 6.07) is 79.9. The highest BCUT2D eigenvalue weighted by Crippen LogP contribution is 2.45. The third-order valence-electron chi connectivity index (χ3n) is 14.2. The van der Waals surface area contributed by atoms with E-state index in [2.05, 4.69) is 204 Å². The summed E-state index contributed by atoms with van der Waals surface area (Å²) in [6.07, 6.45) is 0. The summed E-state index contributed by atoms with van der Waals surface area (Å²) >= 11 is 0. The fourth-order valence-electron chi connectivity index (χ4n) is 10.9. The quantitative estimate of drug-likeness (QED) is 0.120. The number of nitrogens with zero attached hydrogens (tertiary/aromatic N) is 8. The molecule has 8 nitrogen and oxygen atoms in total. The van der Waals surface area contributed by atoms with Gasteiger partial charge in [-0.25, -0.2) is 14.9 Å². The molecule has 0 N–H and O–H groups in total. The summed E-state index contributed by atoms with van der Waals surface area (Å²) in [5.41, 5.74) is 18.8. The molecule has 12 rings (SSSR count). The van der Waals surface area contributed by atoms with Crippen LogP contribution in [0, 0.1) is 41.5 Å². The van der Waals surface area contributed by atoms with Crippen LogP contribution in [-0.2, 0) is 0 Å². The zero-order valence-corrected chi connectivity index (χ0v) is 44.5. The van der Waals surface area contributed by atoms with Gasteiger partial charge in [-0.2, -0.15) is 19.9 Å². The van der Waals surface area contributed by atoms with Gasteiger partial charge in [0.05, 0.1) is 17.1 Å². The first-order valence-electron chi connectivity index (χ1n) is 26.4. The SMILES string of the molecule is Cc1cc(C)c(N(c2ccc(N(c3nc(-c4ccccc4)nc(-c4cc(-c5ccccc5)cc(-c5ccccc5)c4)n3)c3nc(-c4ccccc4)nc(-c4cccc5ccccc45)n3)cc2)c2c(C)cc(C)cc2C)c(C)c1. The van der Waals surface area contributed by atoms with Gasteiger partial charge >= 0.3 is 0 Å². The van der Waals surface area contributed by atoms with Crippen molar-refractivity contribution < 1.29 is 0 Å². The van der Waals surface area contributed by atoms with Crippen LogP contribution in [0.25, 0.3) is 78.6 Å². The van der Waals surface area contributed by atoms with Crippen molar-refractivity contribution in [3.05, 3.63) is 264 Å². The number of anilines is 6. The number of hydrogen-bond acceptors (Lipinski definition) is 8. The van der Waals surface area contributed by atoms with Gasteiger partial charge in [0.15, 0.2) is 23.3 Å². The van der Waals surface area contributed by atoms with Crippen molar-refractivity contribution in [2.45, 2.75) is 41.5 Å². The predicted octanol–water partition coefficient (Wildman–Crippen LogP) is 18.0. The van der Waals surface area contributed by atoms with Crippen molar-refractivity contribution in [3.63, 3.8) is 0 Å². The first-order valence-corrected chi connectivity index (χ1v) is 26.4. The van der Waals surface area contributed by atoms with Gasteiger partial charge in [-0.1, -0.05) is 199 Å². The smallest absolute Gasteiger partial charge is 0.241 e. The largest absolute Gasteiger partial charge is 0.309 e. The van der Waals surface area contributed by atoms with Crippen LogP contribution in [0.15, 0.2) is 231 Å². The fourth-order valence-corrected chi connectivity index (χ4v) is 10.9. The Balaban J connectivity index is 1.13. The molecule has 0 aliphatic carbocycles. The molecule has 0 bridgehead atoms. The molecule has 0 aliphatic heterocycles. The van der Waals surface area contributed by atoms with E-state index in [0.717, 1.165) is 78.0 Å². The maximum absolute atomic E-state index is 5.52. The molecule has 2 aromatic heterocycles. The number of hydrogen-bond donors (Lipinski definition) is 0. The van der Waals surface area contributed by atoms with Crippen LogP contribution in [0.3, 0.4) is 0 Å². The molecule has 0 saturated heterocycles. The third-order valence-corrected chi connectivity index (χ3v) is 14.2. The Kier molecular flexibility index (Phi) is 13.2. The highest BCUT2D eigenvalue weighted by molar-refractivity contribution is 5.95. The minimum Gasteiger partial charge on any atom is -0.309 e. The van der Waals surface area contributed by atoms with Crippen LogP contribution < -0.4 is 9.80 Å². The van der Waals surface area contributed by atoms with E-state index in [-0.39, 0.29) is 0 Å². The summed E-state index contributed by atoms with van der Waals surface area (Å²) in [5, 5.41) is 2.10. The Morgan fingerprint density at radius 2 is 0.628 bits per heavy atom. The zero-order valence-electron chi connectivity index (χ0n) is 44.5. The van der Waals surface area contributed by atoms with E-state index >= 15 is 0 Å². The second-order valence-electron chi connectivity index (χ2n) is 20.0. The van der Waals surface area contributed by atoms with E-state index < -0.39 is 0 Å². The number of fused-ring (bicyclic) bond motifs is 1. The van der Waals surface area contributed by atoms with E-state index in [1.807, 2.05) is 77.7 Å². The lowest BCUT2D eigenvalue weighted by molar-refractivity contribution is 0.964. The summed E-state index contributed by atoms with van der Waals surface area (Å²) < 4.78 is 0. The van der Waals surface area contributed by atoms with Gasteiger partial charge in [0, 0.05) is 27.9 Å². The molecule has 0 fully saturated rings. The van der Waals surface area contributed by atoms with Gasteiger partial charge in [-0.3, -0.25) is 0 Å². The molecule has 0 unspecified atom stereocenters. The van der Waals surface area contributed by atoms with Crippen molar-refractivity contribution in [1.82, 2.24) is 29.9 Å². The van der Waals surface area contributed by atoms with Crippen LogP contribution in [0.5, 0.6) is 0 Å². The molecule has 78 heavy (non-hydrogen) atoms. The molecule has 0 spiro atoms. The fraction of sp³-hybridized carbons (Fsp3) is 0.0857. The van der Waals surface area contributed by atoms with Crippen LogP contribution >= 0.6 is 0 Å². The van der Waals surface area contributed by atoms with Crippen molar-refractivity contribution in [3.8, 4) is 67.8 Å². The highest BCUT2D eigenvalue weighted by atomic mass is 15.4. The molecule has 376 valence electrons. The molecule has 2 heterocycles. The van der Waals surface area contributed by atoms with Crippen molar-refractivity contribution in [1.29, 1.82) is 0 Å². The number of aromatic nitrogens is 6. The number of rotatable bonds is 12. The van der Waals surface area contributed by atoms with E-state index in [0.29, 0.717) is 35.2 Å². The van der Waals surface area contributed by atoms with Gasteiger partial charge in [0.25, 0.3) is 0 Å². The standard InChI is InChI=1S/C70H56N8/c1-45-38-47(3)63(48(4)39-45)77(64-49(5)40-46(2)41-50(64)6)59-34-36-60(37-35-59)78(70-74-66(55-29-17-10-18-30-55)72-68(76-70)62-33-21-31-53-26-19-20-32-61(53)62)69-73-65(54-27-15-9-16-28-54)71-67(75-69)58-43-56(51-22-11-7-12-23-51)42-57(44-58)52-24-13-8-14-25-52/h7-44H,1-6H3. The van der Waals surface area contributed by atoms with E-state index in [1.54, 1.807) is 0 Å². The molecular weight excluding hydrogens is 953 g/mol. The molecule has 12 aromatic rings. The molecular formula is C70H56N8. The zero-order chi connectivity index (χ0) is 53.3. The first-order chi connectivity index (χ1) is 38.1. The monoisotopic (exact) mass is 1010 g/mol. The molecule has 8 heteroatoms. The molecule has 0 aliphatic rings.